The molecule has 2 fully saturated rings. The Bertz CT molecular complexity index is 618. The fraction of sp³-hybridized carbons (Fsp3) is 0.600. The summed E-state index contributed by atoms with van der Waals surface area (Å²) in [5.41, 5.74) is 0.0824. The Hall–Kier alpha value is -1.32. The average Bonchev–Trinajstić information content (AvgIpc) is 3.08. The Balaban J connectivity index is 1.83. The molecule has 0 radical (unpaired) electrons. The Morgan fingerprint density at radius 2 is 1.93 bits per heavy atom. The van der Waals surface area contributed by atoms with Gasteiger partial charge in [0.1, 0.15) is 24.6 Å². The lowest BCUT2D eigenvalue weighted by molar-refractivity contribution is -0.246. The van der Waals surface area contributed by atoms with Gasteiger partial charge in [0.25, 0.3) is 0 Å². The van der Waals surface area contributed by atoms with E-state index in [9.17, 15) is 5.11 Å². The summed E-state index contributed by atoms with van der Waals surface area (Å²) in [6.45, 7) is 4.25. The van der Waals surface area contributed by atoms with Gasteiger partial charge >= 0.3 is 0 Å². The quantitative estimate of drug-likeness (QED) is 0.399. The lowest BCUT2D eigenvalue weighted by Crippen LogP contribution is -2.48. The van der Waals surface area contributed by atoms with E-state index in [1.165, 1.54) is 0 Å². The smallest absolute Gasteiger partial charge is 0.191 e. The van der Waals surface area contributed by atoms with Crippen LogP contribution in [0.15, 0.2) is 42.5 Å². The number of ether oxygens (including phenoxy) is 6. The van der Waals surface area contributed by atoms with E-state index in [1.54, 1.807) is 19.3 Å². The lowest BCUT2D eigenvalue weighted by atomic mass is 9.95. The molecule has 27 heavy (non-hydrogen) atoms. The predicted octanol–water partition coefficient (Wildman–Crippen LogP) is 1.99. The van der Waals surface area contributed by atoms with Crippen molar-refractivity contribution >= 4 is 0 Å². The van der Waals surface area contributed by atoms with Crippen LogP contribution in [0.5, 0.6) is 0 Å². The van der Waals surface area contributed by atoms with Gasteiger partial charge < -0.3 is 33.5 Å². The molecule has 3 rings (SSSR count). The number of aliphatic hydroxyl groups excluding tert-OH is 1. The van der Waals surface area contributed by atoms with Gasteiger partial charge in [0.15, 0.2) is 12.1 Å². The van der Waals surface area contributed by atoms with E-state index >= 15 is 0 Å². The molecule has 1 aromatic carbocycles. The third kappa shape index (κ3) is 4.75. The third-order valence-electron chi connectivity index (χ3n) is 4.51. The Kier molecular flexibility index (Phi) is 6.65. The van der Waals surface area contributed by atoms with Crippen LogP contribution in [-0.4, -0.2) is 62.1 Å². The molecule has 0 aromatic heterocycles. The van der Waals surface area contributed by atoms with Crippen molar-refractivity contribution in [1.82, 2.24) is 0 Å². The number of rotatable bonds is 9. The van der Waals surface area contributed by atoms with Gasteiger partial charge in [-0.3, -0.25) is 0 Å². The summed E-state index contributed by atoms with van der Waals surface area (Å²) in [5.74, 6) is -0.760. The van der Waals surface area contributed by atoms with Crippen molar-refractivity contribution in [2.75, 3.05) is 27.1 Å². The minimum absolute atomic E-state index is 0.117. The molecule has 7 nitrogen and oxygen atoms in total. The zero-order valence-electron chi connectivity index (χ0n) is 16.0. The highest BCUT2D eigenvalue weighted by Crippen LogP contribution is 2.44. The lowest BCUT2D eigenvalue weighted by Gasteiger charge is -2.34. The highest BCUT2D eigenvalue weighted by Gasteiger charge is 2.61. The Morgan fingerprint density at radius 1 is 1.15 bits per heavy atom. The molecule has 2 heterocycles. The highest BCUT2D eigenvalue weighted by molar-refractivity contribution is 5.17. The molecule has 1 N–H and O–H groups in total. The van der Waals surface area contributed by atoms with Crippen LogP contribution in [0.25, 0.3) is 0 Å². The second-order valence-electron chi connectivity index (χ2n) is 7.10. The second-order valence-corrected chi connectivity index (χ2v) is 7.10. The van der Waals surface area contributed by atoms with E-state index in [1.807, 2.05) is 44.2 Å². The van der Waals surface area contributed by atoms with Crippen molar-refractivity contribution in [2.24, 2.45) is 0 Å². The normalized spacial score (nSPS) is 32.2. The maximum Gasteiger partial charge on any atom is 0.191 e. The van der Waals surface area contributed by atoms with Crippen LogP contribution >= 0.6 is 0 Å². The number of fused-ring (bicyclic) bond motifs is 1. The predicted molar refractivity (Wildman–Crippen MR) is 96.7 cm³/mol. The Labute approximate surface area is 159 Å². The number of benzene rings is 1. The summed E-state index contributed by atoms with van der Waals surface area (Å²) in [7, 11) is 1.55. The first-order valence-corrected chi connectivity index (χ1v) is 9.04. The van der Waals surface area contributed by atoms with Crippen LogP contribution in [0, 0.1) is 0 Å². The van der Waals surface area contributed by atoms with Gasteiger partial charge in [-0.25, -0.2) is 0 Å². The molecule has 7 heteroatoms. The zero-order chi connectivity index (χ0) is 19.3. The molecule has 0 bridgehead atoms. The molecule has 0 aliphatic carbocycles. The minimum atomic E-state index is -0.956. The fourth-order valence-corrected chi connectivity index (χ4v) is 3.45. The summed E-state index contributed by atoms with van der Waals surface area (Å²) < 4.78 is 35.0. The molecule has 150 valence electrons. The summed E-state index contributed by atoms with van der Waals surface area (Å²) in [5, 5.41) is 9.28. The van der Waals surface area contributed by atoms with Gasteiger partial charge in [0.05, 0.1) is 19.8 Å². The molecular weight excluding hydrogens is 352 g/mol. The molecule has 2 saturated heterocycles. The maximum absolute atomic E-state index is 9.28. The number of hydrogen-bond acceptors (Lipinski definition) is 7. The van der Waals surface area contributed by atoms with Crippen LogP contribution in [0.4, 0.5) is 0 Å². The molecule has 0 spiro atoms. The third-order valence-corrected chi connectivity index (χ3v) is 4.51. The number of hydrogen-bond donors (Lipinski definition) is 1. The average molecular weight is 380 g/mol. The molecule has 2 aliphatic heterocycles. The topological polar surface area (TPSA) is 75.6 Å². The standard InChI is InChI=1S/C20H28O7/c1-19(2)25-16-17(24-12-15-8-5-4-6-9-15)20(10-7-11-21,13-23-14-22-3)27-18(16)26-19/h4-10,16-18,21H,11-14H2,1-3H3/b10-7+/t16-,17-,18+,20-/m1/s1. The van der Waals surface area contributed by atoms with Gasteiger partial charge in [-0.2, -0.15) is 0 Å². The Morgan fingerprint density at radius 3 is 2.63 bits per heavy atom. The van der Waals surface area contributed by atoms with E-state index in [4.69, 9.17) is 28.4 Å². The van der Waals surface area contributed by atoms with Crippen LogP contribution in [0.3, 0.4) is 0 Å². The van der Waals surface area contributed by atoms with Crippen LogP contribution in [-0.2, 0) is 35.0 Å². The highest BCUT2D eigenvalue weighted by atomic mass is 16.8. The maximum atomic E-state index is 9.28. The van der Waals surface area contributed by atoms with Gasteiger partial charge in [-0.15, -0.1) is 0 Å². The number of aliphatic hydroxyl groups is 1. The monoisotopic (exact) mass is 380 g/mol. The van der Waals surface area contributed by atoms with Crippen LogP contribution < -0.4 is 0 Å². The molecular formula is C20H28O7. The van der Waals surface area contributed by atoms with Gasteiger partial charge in [-0.05, 0) is 25.5 Å². The molecule has 1 aromatic rings. The zero-order valence-corrected chi connectivity index (χ0v) is 16.0. The molecule has 0 saturated carbocycles. The van der Waals surface area contributed by atoms with E-state index in [2.05, 4.69) is 0 Å². The fourth-order valence-electron chi connectivity index (χ4n) is 3.45. The summed E-state index contributed by atoms with van der Waals surface area (Å²) in [6.07, 6.45) is 1.88. The van der Waals surface area contributed by atoms with E-state index in [0.717, 1.165) is 5.56 Å². The summed E-state index contributed by atoms with van der Waals surface area (Å²) >= 11 is 0. The van der Waals surface area contributed by atoms with Gasteiger partial charge in [0.2, 0.25) is 0 Å². The minimum Gasteiger partial charge on any atom is -0.392 e. The first-order valence-electron chi connectivity index (χ1n) is 9.04. The molecule has 4 atom stereocenters. The van der Waals surface area contributed by atoms with E-state index in [0.29, 0.717) is 6.61 Å². The molecule has 0 unspecified atom stereocenters. The van der Waals surface area contributed by atoms with Crippen LogP contribution in [0.1, 0.15) is 19.4 Å². The van der Waals surface area contributed by atoms with E-state index < -0.39 is 29.9 Å². The van der Waals surface area contributed by atoms with Gasteiger partial charge in [-0.1, -0.05) is 36.4 Å². The summed E-state index contributed by atoms with van der Waals surface area (Å²) in [6, 6.07) is 9.88. The summed E-state index contributed by atoms with van der Waals surface area (Å²) in [4.78, 5) is 0. The van der Waals surface area contributed by atoms with Crippen molar-refractivity contribution in [3.8, 4) is 0 Å². The van der Waals surface area contributed by atoms with Crippen molar-refractivity contribution < 1.29 is 33.5 Å². The second kappa shape index (κ2) is 8.79. The van der Waals surface area contributed by atoms with Crippen molar-refractivity contribution in [3.05, 3.63) is 48.0 Å². The van der Waals surface area contributed by atoms with Crippen molar-refractivity contribution in [1.29, 1.82) is 0 Å². The van der Waals surface area contributed by atoms with Crippen molar-refractivity contribution in [2.45, 2.75) is 50.3 Å². The first-order chi connectivity index (χ1) is 13.0. The molecule has 2 aliphatic rings. The van der Waals surface area contributed by atoms with Gasteiger partial charge in [0, 0.05) is 7.11 Å². The largest absolute Gasteiger partial charge is 0.392 e. The number of methoxy groups -OCH3 is 1. The first kappa shape index (κ1) is 20.4. The van der Waals surface area contributed by atoms with Crippen LogP contribution in [0.2, 0.25) is 0 Å². The van der Waals surface area contributed by atoms with Crippen molar-refractivity contribution in [3.63, 3.8) is 0 Å². The molecule has 0 amide bonds. The SMILES string of the molecule is COCOC[C@@]1(/C=C/CO)O[C@@H]2OC(C)(C)O[C@@H]2[C@H]1OCc1ccccc1. The van der Waals surface area contributed by atoms with E-state index in [-0.39, 0.29) is 20.0 Å².